The van der Waals surface area contributed by atoms with E-state index in [9.17, 15) is 19.5 Å². The number of carbonyl (C=O) groups excluding carboxylic acids is 2. The van der Waals surface area contributed by atoms with Crippen molar-refractivity contribution in [3.05, 3.63) is 59.5 Å². The van der Waals surface area contributed by atoms with Gasteiger partial charge in [0.1, 0.15) is 12.3 Å². The summed E-state index contributed by atoms with van der Waals surface area (Å²) in [6, 6.07) is 7.93. The molecular formula is C18H18N2O5. The summed E-state index contributed by atoms with van der Waals surface area (Å²) in [5, 5.41) is 12.1. The second-order valence-corrected chi connectivity index (χ2v) is 6.02. The number of benzene rings is 1. The van der Waals surface area contributed by atoms with Gasteiger partial charge in [-0.2, -0.15) is 0 Å². The van der Waals surface area contributed by atoms with Crippen LogP contribution in [0.5, 0.6) is 0 Å². The van der Waals surface area contributed by atoms with Crippen molar-refractivity contribution >= 4 is 17.8 Å². The predicted octanol–water partition coefficient (Wildman–Crippen LogP) is 1.61. The maximum absolute atomic E-state index is 12.7. The van der Waals surface area contributed by atoms with Crippen LogP contribution in [0.2, 0.25) is 0 Å². The van der Waals surface area contributed by atoms with E-state index in [1.807, 2.05) is 12.1 Å². The van der Waals surface area contributed by atoms with Gasteiger partial charge in [0.15, 0.2) is 0 Å². The molecule has 1 aliphatic rings. The fourth-order valence-corrected chi connectivity index (χ4v) is 3.00. The average Bonchev–Trinajstić information content (AvgIpc) is 3.14. The summed E-state index contributed by atoms with van der Waals surface area (Å²) in [6.45, 7) is 1.98. The standard InChI is InChI=1S/C18H18N2O5/c1-11(19-16(21)13-6-7-25-10-13)17(22)20-8-12-4-2-3-5-14(12)15(9-20)18(23)24/h2-7,10-11,15H,8-9H2,1H3,(H,19,21)(H,23,24). The number of carbonyl (C=O) groups is 3. The number of rotatable bonds is 4. The van der Waals surface area contributed by atoms with E-state index in [0.717, 1.165) is 11.1 Å². The van der Waals surface area contributed by atoms with Gasteiger partial charge in [-0.3, -0.25) is 14.4 Å². The summed E-state index contributed by atoms with van der Waals surface area (Å²) >= 11 is 0. The van der Waals surface area contributed by atoms with E-state index in [2.05, 4.69) is 5.32 Å². The number of fused-ring (bicyclic) bond motifs is 1. The largest absolute Gasteiger partial charge is 0.481 e. The normalized spacial score (nSPS) is 17.5. The Hall–Kier alpha value is -3.09. The van der Waals surface area contributed by atoms with Crippen molar-refractivity contribution in [1.82, 2.24) is 10.2 Å². The van der Waals surface area contributed by atoms with Crippen molar-refractivity contribution in [2.45, 2.75) is 25.4 Å². The zero-order chi connectivity index (χ0) is 18.0. The van der Waals surface area contributed by atoms with Crippen LogP contribution in [0.3, 0.4) is 0 Å². The van der Waals surface area contributed by atoms with E-state index in [4.69, 9.17) is 4.42 Å². The van der Waals surface area contributed by atoms with Gasteiger partial charge in [-0.1, -0.05) is 24.3 Å². The van der Waals surface area contributed by atoms with Gasteiger partial charge in [-0.05, 0) is 24.1 Å². The molecule has 2 atom stereocenters. The number of aliphatic carboxylic acids is 1. The maximum Gasteiger partial charge on any atom is 0.312 e. The topological polar surface area (TPSA) is 99.9 Å². The molecule has 0 aliphatic carbocycles. The Kier molecular flexibility index (Phi) is 4.56. The molecule has 25 heavy (non-hydrogen) atoms. The summed E-state index contributed by atoms with van der Waals surface area (Å²) in [5.41, 5.74) is 1.86. The number of nitrogens with one attached hydrogen (secondary N) is 1. The lowest BCUT2D eigenvalue weighted by molar-refractivity contribution is -0.141. The summed E-state index contributed by atoms with van der Waals surface area (Å²) in [5.74, 6) is -2.48. The van der Waals surface area contributed by atoms with Gasteiger partial charge < -0.3 is 19.7 Å². The highest BCUT2D eigenvalue weighted by atomic mass is 16.4. The third-order valence-electron chi connectivity index (χ3n) is 4.31. The van der Waals surface area contributed by atoms with Gasteiger partial charge in [0.2, 0.25) is 5.91 Å². The lowest BCUT2D eigenvalue weighted by Crippen LogP contribution is -2.49. The molecule has 1 aromatic carbocycles. The Bertz CT molecular complexity index is 800. The smallest absolute Gasteiger partial charge is 0.312 e. The van der Waals surface area contributed by atoms with Crippen LogP contribution in [-0.2, 0) is 16.1 Å². The van der Waals surface area contributed by atoms with Gasteiger partial charge in [0.25, 0.3) is 5.91 Å². The summed E-state index contributed by atoms with van der Waals surface area (Å²) < 4.78 is 4.85. The molecule has 0 saturated heterocycles. The van der Waals surface area contributed by atoms with Crippen LogP contribution in [0, 0.1) is 0 Å². The maximum atomic E-state index is 12.7. The molecule has 0 spiro atoms. The van der Waals surface area contributed by atoms with Crippen LogP contribution in [0.1, 0.15) is 34.3 Å². The third kappa shape index (κ3) is 3.40. The molecule has 7 heteroatoms. The van der Waals surface area contributed by atoms with Crippen LogP contribution in [0.25, 0.3) is 0 Å². The van der Waals surface area contributed by atoms with E-state index in [1.165, 1.54) is 23.5 Å². The first-order chi connectivity index (χ1) is 12.0. The number of furan rings is 1. The first kappa shape index (κ1) is 16.8. The summed E-state index contributed by atoms with van der Waals surface area (Å²) in [7, 11) is 0. The average molecular weight is 342 g/mol. The molecule has 1 aliphatic heterocycles. The summed E-state index contributed by atoms with van der Waals surface area (Å²) in [4.78, 5) is 37.8. The molecule has 2 amide bonds. The van der Waals surface area contributed by atoms with Gasteiger partial charge in [0, 0.05) is 13.1 Å². The van der Waals surface area contributed by atoms with Crippen molar-refractivity contribution in [1.29, 1.82) is 0 Å². The number of nitrogens with zero attached hydrogens (tertiary/aromatic N) is 1. The minimum atomic E-state index is -0.972. The Morgan fingerprint density at radius 3 is 2.72 bits per heavy atom. The SMILES string of the molecule is CC(NC(=O)c1ccoc1)C(=O)N1Cc2ccccc2C(C(=O)O)C1. The highest BCUT2D eigenvalue weighted by Gasteiger charge is 2.34. The highest BCUT2D eigenvalue weighted by molar-refractivity contribution is 5.97. The minimum Gasteiger partial charge on any atom is -0.481 e. The molecule has 2 aromatic rings. The molecule has 2 N–H and O–H groups in total. The molecule has 0 saturated carbocycles. The number of hydrogen-bond donors (Lipinski definition) is 2. The van der Waals surface area contributed by atoms with Gasteiger partial charge >= 0.3 is 5.97 Å². The van der Waals surface area contributed by atoms with Crippen LogP contribution >= 0.6 is 0 Å². The quantitative estimate of drug-likeness (QED) is 0.879. The van der Waals surface area contributed by atoms with Crippen LogP contribution < -0.4 is 5.32 Å². The van der Waals surface area contributed by atoms with Crippen molar-refractivity contribution in [3.8, 4) is 0 Å². The first-order valence-corrected chi connectivity index (χ1v) is 7.90. The monoisotopic (exact) mass is 342 g/mol. The summed E-state index contributed by atoms with van der Waals surface area (Å²) in [6.07, 6.45) is 2.67. The molecule has 2 heterocycles. The zero-order valence-electron chi connectivity index (χ0n) is 13.6. The molecule has 130 valence electrons. The Morgan fingerprint density at radius 1 is 1.28 bits per heavy atom. The van der Waals surface area contributed by atoms with Crippen molar-refractivity contribution < 1.29 is 23.9 Å². The Morgan fingerprint density at radius 2 is 2.04 bits per heavy atom. The van der Waals surface area contributed by atoms with Crippen molar-refractivity contribution in [2.24, 2.45) is 0 Å². The lowest BCUT2D eigenvalue weighted by atomic mass is 9.89. The number of hydrogen-bond acceptors (Lipinski definition) is 4. The molecule has 0 fully saturated rings. The molecular weight excluding hydrogens is 324 g/mol. The van der Waals surface area contributed by atoms with Gasteiger partial charge in [0.05, 0.1) is 17.7 Å². The van der Waals surface area contributed by atoms with Crippen molar-refractivity contribution in [2.75, 3.05) is 6.54 Å². The minimum absolute atomic E-state index is 0.0805. The zero-order valence-corrected chi connectivity index (χ0v) is 13.6. The van der Waals surface area contributed by atoms with Crippen molar-refractivity contribution in [3.63, 3.8) is 0 Å². The first-order valence-electron chi connectivity index (χ1n) is 7.90. The second-order valence-electron chi connectivity index (χ2n) is 6.02. The van der Waals surface area contributed by atoms with Gasteiger partial charge in [-0.25, -0.2) is 0 Å². The van der Waals surface area contributed by atoms with Crippen LogP contribution in [0.15, 0.2) is 47.3 Å². The van der Waals surface area contributed by atoms with Crippen LogP contribution in [-0.4, -0.2) is 40.4 Å². The number of carboxylic acids is 1. The molecule has 1 aromatic heterocycles. The third-order valence-corrected chi connectivity index (χ3v) is 4.31. The molecule has 2 unspecified atom stereocenters. The fraction of sp³-hybridized carbons (Fsp3) is 0.278. The second kappa shape index (κ2) is 6.80. The molecule has 3 rings (SSSR count). The van der Waals surface area contributed by atoms with E-state index in [0.29, 0.717) is 12.1 Å². The predicted molar refractivity (Wildman–Crippen MR) is 87.9 cm³/mol. The van der Waals surface area contributed by atoms with Crippen LogP contribution in [0.4, 0.5) is 0 Å². The van der Waals surface area contributed by atoms with E-state index in [-0.39, 0.29) is 12.5 Å². The highest BCUT2D eigenvalue weighted by Crippen LogP contribution is 2.28. The Balaban J connectivity index is 1.74. The number of carboxylic acid groups (broad SMARTS) is 1. The molecule has 0 bridgehead atoms. The molecule has 7 nitrogen and oxygen atoms in total. The fourth-order valence-electron chi connectivity index (χ4n) is 3.00. The number of amides is 2. The van der Waals surface area contributed by atoms with E-state index >= 15 is 0 Å². The lowest BCUT2D eigenvalue weighted by Gasteiger charge is -2.34. The molecule has 0 radical (unpaired) electrons. The van der Waals surface area contributed by atoms with E-state index < -0.39 is 23.8 Å². The van der Waals surface area contributed by atoms with E-state index in [1.54, 1.807) is 19.1 Å². The Labute approximate surface area is 144 Å². The van der Waals surface area contributed by atoms with Gasteiger partial charge in [-0.15, -0.1) is 0 Å².